The first-order valence-corrected chi connectivity index (χ1v) is 41.7. The Kier molecular flexibility index (Phi) is 70.5. The maximum absolute atomic E-state index is 13.1. The molecule has 0 aliphatic heterocycles. The van der Waals surface area contributed by atoms with E-state index in [0.29, 0.717) is 23.9 Å². The van der Waals surface area contributed by atoms with Crippen LogP contribution in [0.25, 0.3) is 0 Å². The van der Waals surface area contributed by atoms with Crippen LogP contribution in [0.15, 0.2) is 24.3 Å². The molecule has 0 aromatic heterocycles. The van der Waals surface area contributed by atoms with Crippen molar-refractivity contribution in [1.29, 1.82) is 0 Å². The summed E-state index contributed by atoms with van der Waals surface area (Å²) in [7, 11) is 1.64. The van der Waals surface area contributed by atoms with Gasteiger partial charge in [-0.05, 0) is 44.9 Å². The summed E-state index contributed by atoms with van der Waals surface area (Å²) in [6.45, 7) is 4.95. The number of likely N-dealkylation sites (N-methyl/N-ethyl adjacent to an activating group) is 1. The maximum Gasteiger partial charge on any atom is 0.472 e. The predicted octanol–water partition coefficient (Wildman–Crippen LogP) is 26.2. The van der Waals surface area contributed by atoms with E-state index in [2.05, 4.69) is 43.5 Å². The summed E-state index contributed by atoms with van der Waals surface area (Å²) < 4.78 is 24.0. The Hall–Kier alpha value is -1.02. The van der Waals surface area contributed by atoms with Gasteiger partial charge in [-0.3, -0.25) is 13.8 Å². The first-order chi connectivity index (χ1) is 43.5. The van der Waals surface area contributed by atoms with Crippen molar-refractivity contribution in [2.24, 2.45) is 0 Å². The molecular formula is C80H160N2O6P+. The molecular weight excluding hydrogens is 1120 g/mol. The van der Waals surface area contributed by atoms with E-state index in [0.717, 1.165) is 44.9 Å². The number of rotatable bonds is 76. The molecule has 0 spiro atoms. The number of phosphoric ester groups is 1. The van der Waals surface area contributed by atoms with Gasteiger partial charge in [0, 0.05) is 6.42 Å². The molecule has 3 unspecified atom stereocenters. The van der Waals surface area contributed by atoms with Crippen LogP contribution >= 0.6 is 7.82 Å². The lowest BCUT2D eigenvalue weighted by molar-refractivity contribution is -0.870. The molecule has 0 bridgehead atoms. The van der Waals surface area contributed by atoms with Crippen molar-refractivity contribution in [2.75, 3.05) is 40.9 Å². The highest BCUT2D eigenvalue weighted by atomic mass is 31.2. The fourth-order valence-electron chi connectivity index (χ4n) is 12.7. The number of allylic oxidation sites excluding steroid dienone is 4. The molecule has 0 aromatic carbocycles. The molecule has 0 fully saturated rings. The largest absolute Gasteiger partial charge is 0.472 e. The average Bonchev–Trinajstić information content (AvgIpc) is 3.55. The molecule has 0 aliphatic rings. The van der Waals surface area contributed by atoms with Gasteiger partial charge in [0.25, 0.3) is 0 Å². The minimum atomic E-state index is -4.33. The number of carbonyl (C=O) groups is 1. The summed E-state index contributed by atoms with van der Waals surface area (Å²) in [4.78, 5) is 23.5. The fourth-order valence-corrected chi connectivity index (χ4v) is 13.5. The van der Waals surface area contributed by atoms with Gasteiger partial charge in [0.1, 0.15) is 13.2 Å². The van der Waals surface area contributed by atoms with E-state index in [1.165, 1.54) is 360 Å². The number of aliphatic hydroxyl groups is 1. The molecule has 89 heavy (non-hydrogen) atoms. The number of phosphoric acid groups is 1. The summed E-state index contributed by atoms with van der Waals surface area (Å²) in [5.41, 5.74) is 0. The summed E-state index contributed by atoms with van der Waals surface area (Å²) >= 11 is 0. The third-order valence-corrected chi connectivity index (χ3v) is 19.9. The van der Waals surface area contributed by atoms with Crippen molar-refractivity contribution in [2.45, 2.75) is 443 Å². The topological polar surface area (TPSA) is 105 Å². The molecule has 0 saturated carbocycles. The molecule has 0 aromatic rings. The van der Waals surface area contributed by atoms with E-state index < -0.39 is 20.0 Å². The van der Waals surface area contributed by atoms with E-state index in [-0.39, 0.29) is 19.1 Å². The lowest BCUT2D eigenvalue weighted by Gasteiger charge is -2.26. The third-order valence-electron chi connectivity index (χ3n) is 19.0. The number of amides is 1. The number of hydrogen-bond donors (Lipinski definition) is 3. The molecule has 0 rings (SSSR count). The first-order valence-electron chi connectivity index (χ1n) is 40.2. The van der Waals surface area contributed by atoms with Gasteiger partial charge in [-0.2, -0.15) is 0 Å². The second-order valence-corrected chi connectivity index (χ2v) is 30.6. The summed E-state index contributed by atoms with van der Waals surface area (Å²) in [5, 5.41) is 14.2. The zero-order chi connectivity index (χ0) is 64.8. The fraction of sp³-hybridized carbons (Fsp3) is 0.938. The van der Waals surface area contributed by atoms with Gasteiger partial charge in [0.15, 0.2) is 0 Å². The molecule has 0 saturated heterocycles. The van der Waals surface area contributed by atoms with Crippen molar-refractivity contribution in [3.8, 4) is 0 Å². The Labute approximate surface area is 557 Å². The Balaban J connectivity index is 3.88. The number of quaternary nitrogens is 1. The third kappa shape index (κ3) is 74.2. The van der Waals surface area contributed by atoms with Crippen LogP contribution in [0.2, 0.25) is 0 Å². The van der Waals surface area contributed by atoms with Crippen molar-refractivity contribution >= 4 is 13.7 Å². The standard InChI is InChI=1S/C80H159N2O6P/c1-6-8-10-12-14-16-18-20-22-24-26-28-30-32-34-36-37-38-39-40-41-42-43-44-45-46-48-50-52-54-56-58-60-62-64-66-68-70-72-74-80(84)81-78(77-88-89(85,86)87-76-75-82(3,4)5)79(83)73-71-69-67-65-63-61-59-57-55-53-51-49-47-35-33-31-29-27-25-23-21-19-17-15-13-11-9-7-2/h18,20,24,26,78-79,83H,6-17,19,21-23,25,27-77H2,1-5H3,(H-,81,84,85,86)/p+1/b20-18-,26-24-. The Morgan fingerprint density at radius 3 is 0.921 bits per heavy atom. The van der Waals surface area contributed by atoms with Crippen LogP contribution in [-0.2, 0) is 18.4 Å². The average molecular weight is 1280 g/mol. The maximum atomic E-state index is 13.1. The zero-order valence-corrected chi connectivity index (χ0v) is 61.9. The minimum Gasteiger partial charge on any atom is -0.391 e. The van der Waals surface area contributed by atoms with Gasteiger partial charge in [0.05, 0.1) is 39.9 Å². The van der Waals surface area contributed by atoms with Gasteiger partial charge in [0.2, 0.25) is 5.91 Å². The van der Waals surface area contributed by atoms with Crippen molar-refractivity contribution in [3.05, 3.63) is 24.3 Å². The highest BCUT2D eigenvalue weighted by Gasteiger charge is 2.28. The van der Waals surface area contributed by atoms with Crippen LogP contribution < -0.4 is 5.32 Å². The van der Waals surface area contributed by atoms with E-state index in [4.69, 9.17) is 9.05 Å². The molecule has 0 radical (unpaired) electrons. The van der Waals surface area contributed by atoms with Crippen LogP contribution in [0.1, 0.15) is 431 Å². The van der Waals surface area contributed by atoms with Gasteiger partial charge < -0.3 is 19.8 Å². The smallest absolute Gasteiger partial charge is 0.391 e. The van der Waals surface area contributed by atoms with Gasteiger partial charge in [-0.1, -0.05) is 404 Å². The molecule has 1 amide bonds. The normalized spacial score (nSPS) is 13.6. The summed E-state index contributed by atoms with van der Waals surface area (Å²) in [6, 6.07) is -0.759. The lowest BCUT2D eigenvalue weighted by atomic mass is 10.0. The number of aliphatic hydroxyl groups excluding tert-OH is 1. The van der Waals surface area contributed by atoms with Gasteiger partial charge in [-0.15, -0.1) is 0 Å². The molecule has 530 valence electrons. The predicted molar refractivity (Wildman–Crippen MR) is 392 cm³/mol. The van der Waals surface area contributed by atoms with Gasteiger partial charge >= 0.3 is 7.82 Å². The SMILES string of the molecule is CCCCCCC/C=C\C/C=C\CCCCCCCCCCCCCCCCCCCCCCCCCCCCCC(=O)NC(COP(=O)(O)OCC[N+](C)(C)C)C(O)CCCCCCCCCCCCCCCCCCCCCCCCCCCCCC. The van der Waals surface area contributed by atoms with E-state index in [1.807, 2.05) is 21.1 Å². The number of carbonyl (C=O) groups excluding carboxylic acids is 1. The van der Waals surface area contributed by atoms with Crippen molar-refractivity contribution in [3.63, 3.8) is 0 Å². The highest BCUT2D eigenvalue weighted by molar-refractivity contribution is 7.47. The monoisotopic (exact) mass is 1280 g/mol. The molecule has 8 nitrogen and oxygen atoms in total. The molecule has 0 heterocycles. The van der Waals surface area contributed by atoms with Crippen molar-refractivity contribution in [1.82, 2.24) is 5.32 Å². The lowest BCUT2D eigenvalue weighted by Crippen LogP contribution is -2.46. The highest BCUT2D eigenvalue weighted by Crippen LogP contribution is 2.43. The second kappa shape index (κ2) is 71.3. The van der Waals surface area contributed by atoms with Crippen molar-refractivity contribution < 1.29 is 32.9 Å². The quantitative estimate of drug-likeness (QED) is 0.0243. The number of hydrogen-bond acceptors (Lipinski definition) is 5. The Morgan fingerprint density at radius 2 is 0.640 bits per heavy atom. The van der Waals surface area contributed by atoms with Crippen LogP contribution in [0.4, 0.5) is 0 Å². The summed E-state index contributed by atoms with van der Waals surface area (Å²) in [5.74, 6) is -0.133. The first kappa shape index (κ1) is 88.0. The van der Waals surface area contributed by atoms with Crippen LogP contribution in [0, 0.1) is 0 Å². The van der Waals surface area contributed by atoms with E-state index in [1.54, 1.807) is 0 Å². The minimum absolute atomic E-state index is 0.0784. The van der Waals surface area contributed by atoms with Crippen LogP contribution in [0.5, 0.6) is 0 Å². The Morgan fingerprint density at radius 1 is 0.382 bits per heavy atom. The number of unbranched alkanes of at least 4 members (excludes halogenated alkanes) is 59. The zero-order valence-electron chi connectivity index (χ0n) is 61.0. The van der Waals surface area contributed by atoms with Crippen LogP contribution in [0.3, 0.4) is 0 Å². The van der Waals surface area contributed by atoms with E-state index >= 15 is 0 Å². The molecule has 3 N–H and O–H groups in total. The number of nitrogens with zero attached hydrogens (tertiary/aromatic N) is 1. The van der Waals surface area contributed by atoms with Gasteiger partial charge in [-0.25, -0.2) is 4.57 Å². The van der Waals surface area contributed by atoms with E-state index in [9.17, 15) is 19.4 Å². The Bertz CT molecular complexity index is 1500. The van der Waals surface area contributed by atoms with Crippen LogP contribution in [-0.4, -0.2) is 73.4 Å². The molecule has 0 aliphatic carbocycles. The molecule has 3 atom stereocenters. The number of nitrogens with one attached hydrogen (secondary N) is 1. The molecule has 9 heteroatoms. The second-order valence-electron chi connectivity index (χ2n) is 29.2. The summed E-state index contributed by atoms with van der Waals surface area (Å²) in [6.07, 6.45) is 94.7.